The molecule has 0 saturated heterocycles. The first-order valence-corrected chi connectivity index (χ1v) is 12.8. The Labute approximate surface area is 202 Å². The third-order valence-electron chi connectivity index (χ3n) is 5.64. The lowest BCUT2D eigenvalue weighted by molar-refractivity contribution is 0.326. The van der Waals surface area contributed by atoms with Gasteiger partial charge in [-0.3, -0.25) is 4.18 Å². The second-order valence-corrected chi connectivity index (χ2v) is 9.85. The highest BCUT2D eigenvalue weighted by Gasteiger charge is 2.11. The summed E-state index contributed by atoms with van der Waals surface area (Å²) in [4.78, 5) is 9.27. The molecule has 5 aromatic rings. The van der Waals surface area contributed by atoms with Crippen LogP contribution in [0.25, 0.3) is 32.8 Å². The van der Waals surface area contributed by atoms with Crippen molar-refractivity contribution in [2.75, 3.05) is 18.2 Å². The topological polar surface area (TPSA) is 81.2 Å². The molecule has 8 heteroatoms. The fraction of sp³-hybridized carbons (Fsp3) is 0.111. The van der Waals surface area contributed by atoms with Crippen molar-refractivity contribution in [1.29, 1.82) is 0 Å². The molecule has 0 spiro atoms. The van der Waals surface area contributed by atoms with Crippen LogP contribution < -0.4 is 5.32 Å². The predicted octanol–water partition coefficient (Wildman–Crippen LogP) is 5.85. The quantitative estimate of drug-likeness (QED) is 0.229. The van der Waals surface area contributed by atoms with Crippen LogP contribution in [-0.2, 0) is 20.7 Å². The standard InChI is InChI=1S/C27H22FN3O3S/c1-35(32,33)34-15-14-18-6-12-22(13-7-18)30-27-29-17-20-16-25(19-8-10-21(28)11-9-19)23-4-2-3-5-24(23)26(20)31-27/h2-13,16-17H,14-15H2,1H3,(H,29,30,31). The van der Waals surface area contributed by atoms with Gasteiger partial charge in [0.25, 0.3) is 10.1 Å². The van der Waals surface area contributed by atoms with Crippen molar-refractivity contribution in [3.05, 3.63) is 96.4 Å². The van der Waals surface area contributed by atoms with Gasteiger partial charge >= 0.3 is 0 Å². The maximum Gasteiger partial charge on any atom is 0.264 e. The number of fused-ring (bicyclic) bond motifs is 3. The smallest absolute Gasteiger partial charge is 0.264 e. The van der Waals surface area contributed by atoms with E-state index in [1.807, 2.05) is 54.6 Å². The van der Waals surface area contributed by atoms with Crippen LogP contribution in [0.1, 0.15) is 5.56 Å². The van der Waals surface area contributed by atoms with Crippen molar-refractivity contribution < 1.29 is 17.0 Å². The summed E-state index contributed by atoms with van der Waals surface area (Å²) in [6.45, 7) is 0.104. The molecule has 0 fully saturated rings. The molecular weight excluding hydrogens is 465 g/mol. The summed E-state index contributed by atoms with van der Waals surface area (Å²) in [6, 6.07) is 24.1. The number of halogens is 1. The molecule has 4 aromatic carbocycles. The molecule has 0 aliphatic heterocycles. The van der Waals surface area contributed by atoms with Crippen LogP contribution in [0.2, 0.25) is 0 Å². The van der Waals surface area contributed by atoms with E-state index in [9.17, 15) is 12.8 Å². The zero-order valence-electron chi connectivity index (χ0n) is 18.9. The van der Waals surface area contributed by atoms with Gasteiger partial charge in [-0.2, -0.15) is 8.42 Å². The second-order valence-electron chi connectivity index (χ2n) is 8.21. The maximum absolute atomic E-state index is 13.5. The molecule has 1 N–H and O–H groups in total. The molecule has 0 unspecified atom stereocenters. The van der Waals surface area contributed by atoms with Crippen molar-refractivity contribution >= 4 is 43.4 Å². The van der Waals surface area contributed by atoms with Gasteiger partial charge in [0.1, 0.15) is 5.82 Å². The minimum absolute atomic E-state index is 0.104. The molecule has 5 rings (SSSR count). The van der Waals surface area contributed by atoms with E-state index < -0.39 is 10.1 Å². The van der Waals surface area contributed by atoms with Crippen molar-refractivity contribution in [3.63, 3.8) is 0 Å². The Morgan fingerprint density at radius 3 is 2.37 bits per heavy atom. The van der Waals surface area contributed by atoms with Crippen LogP contribution in [0.3, 0.4) is 0 Å². The van der Waals surface area contributed by atoms with Crippen LogP contribution >= 0.6 is 0 Å². The molecule has 0 aliphatic carbocycles. The van der Waals surface area contributed by atoms with E-state index in [-0.39, 0.29) is 12.4 Å². The summed E-state index contributed by atoms with van der Waals surface area (Å²) < 4.78 is 40.4. The number of hydrogen-bond acceptors (Lipinski definition) is 6. The van der Waals surface area contributed by atoms with Crippen molar-refractivity contribution in [2.24, 2.45) is 0 Å². The van der Waals surface area contributed by atoms with Gasteiger partial charge in [0.05, 0.1) is 18.4 Å². The highest BCUT2D eigenvalue weighted by Crippen LogP contribution is 2.34. The van der Waals surface area contributed by atoms with Crippen LogP contribution in [0.5, 0.6) is 0 Å². The monoisotopic (exact) mass is 487 g/mol. The number of aromatic nitrogens is 2. The molecular formula is C27H22FN3O3S. The largest absolute Gasteiger partial charge is 0.324 e. The zero-order chi connectivity index (χ0) is 24.4. The lowest BCUT2D eigenvalue weighted by atomic mass is 9.96. The number of benzene rings is 4. The predicted molar refractivity (Wildman–Crippen MR) is 137 cm³/mol. The minimum atomic E-state index is -3.44. The van der Waals surface area contributed by atoms with E-state index in [1.165, 1.54) is 12.1 Å². The molecule has 0 saturated carbocycles. The molecule has 0 amide bonds. The summed E-state index contributed by atoms with van der Waals surface area (Å²) in [7, 11) is -3.44. The van der Waals surface area contributed by atoms with E-state index in [2.05, 4.69) is 10.3 Å². The summed E-state index contributed by atoms with van der Waals surface area (Å²) in [5.41, 5.74) is 4.50. The van der Waals surface area contributed by atoms with Gasteiger partial charge in [0, 0.05) is 22.7 Å². The normalized spacial score (nSPS) is 11.7. The van der Waals surface area contributed by atoms with Crippen molar-refractivity contribution in [3.8, 4) is 11.1 Å². The van der Waals surface area contributed by atoms with Gasteiger partial charge in [-0.1, -0.05) is 48.5 Å². The summed E-state index contributed by atoms with van der Waals surface area (Å²) >= 11 is 0. The average Bonchev–Trinajstić information content (AvgIpc) is 2.85. The Hall–Kier alpha value is -3.88. The third-order valence-corrected chi connectivity index (χ3v) is 6.24. The van der Waals surface area contributed by atoms with Crippen molar-refractivity contribution in [2.45, 2.75) is 6.42 Å². The third kappa shape index (κ3) is 5.29. The maximum atomic E-state index is 13.5. The number of hydrogen-bond donors (Lipinski definition) is 1. The Morgan fingerprint density at radius 2 is 1.66 bits per heavy atom. The Bertz CT molecular complexity index is 1620. The van der Waals surface area contributed by atoms with E-state index in [4.69, 9.17) is 9.17 Å². The number of nitrogens with zero attached hydrogens (tertiary/aromatic N) is 2. The molecule has 35 heavy (non-hydrogen) atoms. The van der Waals surface area contributed by atoms with E-state index >= 15 is 0 Å². The van der Waals surface area contributed by atoms with Crippen LogP contribution in [0.4, 0.5) is 16.0 Å². The average molecular weight is 488 g/mol. The van der Waals surface area contributed by atoms with Gasteiger partial charge in [-0.25, -0.2) is 14.4 Å². The van der Waals surface area contributed by atoms with Crippen LogP contribution in [-0.4, -0.2) is 31.2 Å². The summed E-state index contributed by atoms with van der Waals surface area (Å²) in [6.07, 6.45) is 3.31. The van der Waals surface area contributed by atoms with Gasteiger partial charge in [-0.15, -0.1) is 0 Å². The Kier molecular flexibility index (Phi) is 6.15. The van der Waals surface area contributed by atoms with Gasteiger partial charge < -0.3 is 5.32 Å². The SMILES string of the molecule is CS(=O)(=O)OCCc1ccc(Nc2ncc3cc(-c4ccc(F)cc4)c4ccccc4c3n2)cc1. The molecule has 0 aliphatic rings. The summed E-state index contributed by atoms with van der Waals surface area (Å²) in [5.74, 6) is 0.193. The Morgan fingerprint density at radius 1 is 0.943 bits per heavy atom. The summed E-state index contributed by atoms with van der Waals surface area (Å²) in [5, 5.41) is 6.12. The number of nitrogens with one attached hydrogen (secondary N) is 1. The highest BCUT2D eigenvalue weighted by atomic mass is 32.2. The lowest BCUT2D eigenvalue weighted by Gasteiger charge is -2.12. The fourth-order valence-corrected chi connectivity index (χ4v) is 4.38. The minimum Gasteiger partial charge on any atom is -0.324 e. The second kappa shape index (κ2) is 9.40. The first-order chi connectivity index (χ1) is 16.9. The molecule has 0 bridgehead atoms. The van der Waals surface area contributed by atoms with Gasteiger partial charge in [0.2, 0.25) is 5.95 Å². The first-order valence-electron chi connectivity index (χ1n) is 11.0. The Balaban J connectivity index is 1.43. The fourth-order valence-electron chi connectivity index (χ4n) is 3.99. The van der Waals surface area contributed by atoms with E-state index in [0.29, 0.717) is 12.4 Å². The van der Waals surface area contributed by atoms with Gasteiger partial charge in [-0.05, 0) is 58.8 Å². The van der Waals surface area contributed by atoms with E-state index in [1.54, 1.807) is 18.3 Å². The lowest BCUT2D eigenvalue weighted by Crippen LogP contribution is -2.06. The molecule has 176 valence electrons. The molecule has 1 aromatic heterocycles. The van der Waals surface area contributed by atoms with E-state index in [0.717, 1.165) is 50.3 Å². The molecule has 1 heterocycles. The van der Waals surface area contributed by atoms with Crippen molar-refractivity contribution in [1.82, 2.24) is 9.97 Å². The number of rotatable bonds is 7. The molecule has 0 atom stereocenters. The van der Waals surface area contributed by atoms with Gasteiger partial charge in [0.15, 0.2) is 0 Å². The molecule has 6 nitrogen and oxygen atoms in total. The number of anilines is 2. The van der Waals surface area contributed by atoms with Crippen LogP contribution in [0.15, 0.2) is 85.1 Å². The van der Waals surface area contributed by atoms with Crippen LogP contribution in [0, 0.1) is 5.82 Å². The zero-order valence-corrected chi connectivity index (χ0v) is 19.7. The first kappa shape index (κ1) is 22.9. The molecule has 0 radical (unpaired) electrons. The highest BCUT2D eigenvalue weighted by molar-refractivity contribution is 7.85.